The molecule has 6 rings (SSSR count). The number of amides is 3. The molecule has 2 saturated heterocycles. The SMILES string of the molecule is O=C(Cn1c2c(sc1=O)[C@@H](c1cccs1)[C@@H]1C(=O)N(c3cccc(C(F)(F)F)c3)C(=O)[C@@H]1S2)N1CCCCC1. The lowest BCUT2D eigenvalue weighted by atomic mass is 9.87. The Kier molecular flexibility index (Phi) is 6.71. The second-order valence-corrected chi connectivity index (χ2v) is 12.8. The van der Waals surface area contributed by atoms with Gasteiger partial charge in [0.1, 0.15) is 11.8 Å². The molecule has 3 amide bonds. The van der Waals surface area contributed by atoms with Gasteiger partial charge in [-0.25, -0.2) is 4.90 Å². The normalized spacial score (nSPS) is 23.2. The zero-order chi connectivity index (χ0) is 27.5. The van der Waals surface area contributed by atoms with Gasteiger partial charge in [0.05, 0.1) is 22.2 Å². The fraction of sp³-hybridized carbons (Fsp3) is 0.385. The van der Waals surface area contributed by atoms with Crippen LogP contribution in [0.4, 0.5) is 18.9 Å². The van der Waals surface area contributed by atoms with E-state index in [2.05, 4.69) is 0 Å². The summed E-state index contributed by atoms with van der Waals surface area (Å²) in [6.45, 7) is 1.11. The highest BCUT2D eigenvalue weighted by atomic mass is 32.2. The number of carbonyl (C=O) groups is 3. The van der Waals surface area contributed by atoms with Gasteiger partial charge in [-0.05, 0) is 48.9 Å². The number of thiophene rings is 1. The van der Waals surface area contributed by atoms with Gasteiger partial charge >= 0.3 is 11.0 Å². The van der Waals surface area contributed by atoms with Crippen LogP contribution in [0.1, 0.15) is 40.5 Å². The second kappa shape index (κ2) is 9.93. The Morgan fingerprint density at radius 1 is 1.00 bits per heavy atom. The monoisotopic (exact) mass is 593 g/mol. The van der Waals surface area contributed by atoms with E-state index in [1.807, 2.05) is 17.5 Å². The summed E-state index contributed by atoms with van der Waals surface area (Å²) in [6, 6.07) is 7.81. The summed E-state index contributed by atoms with van der Waals surface area (Å²) >= 11 is 3.40. The molecule has 3 aromatic rings. The number of halogens is 3. The number of benzene rings is 1. The molecular formula is C26H22F3N3O4S3. The van der Waals surface area contributed by atoms with Crippen LogP contribution >= 0.6 is 34.4 Å². The number of hydrogen-bond donors (Lipinski definition) is 0. The maximum absolute atomic E-state index is 13.8. The summed E-state index contributed by atoms with van der Waals surface area (Å²) in [4.78, 5) is 57.3. The number of likely N-dealkylation sites (tertiary alicyclic amines) is 1. The van der Waals surface area contributed by atoms with Crippen LogP contribution < -0.4 is 9.77 Å². The maximum atomic E-state index is 13.8. The molecule has 0 N–H and O–H groups in total. The van der Waals surface area contributed by atoms with Gasteiger partial charge in [0.25, 0.3) is 0 Å². The minimum atomic E-state index is -4.63. The summed E-state index contributed by atoms with van der Waals surface area (Å²) in [5.74, 6) is -2.92. The number of imide groups is 1. The number of thioether (sulfide) groups is 1. The highest BCUT2D eigenvalue weighted by molar-refractivity contribution is 8.00. The number of anilines is 1. The third kappa shape index (κ3) is 4.53. The first-order valence-corrected chi connectivity index (χ1v) is 15.0. The zero-order valence-electron chi connectivity index (χ0n) is 20.3. The minimum Gasteiger partial charge on any atom is -0.341 e. The lowest BCUT2D eigenvalue weighted by molar-refractivity contribution is -0.137. The van der Waals surface area contributed by atoms with Crippen LogP contribution in [-0.2, 0) is 27.1 Å². The average molecular weight is 594 g/mol. The molecule has 0 radical (unpaired) electrons. The van der Waals surface area contributed by atoms with Gasteiger partial charge < -0.3 is 4.90 Å². The lowest BCUT2D eigenvalue weighted by Gasteiger charge is -2.30. The number of carbonyl (C=O) groups excluding carboxylic acids is 3. The molecular weight excluding hydrogens is 571 g/mol. The number of piperidine rings is 1. The molecule has 204 valence electrons. The predicted molar refractivity (Wildman–Crippen MR) is 142 cm³/mol. The van der Waals surface area contributed by atoms with Crippen LogP contribution in [-0.4, -0.2) is 45.5 Å². The Morgan fingerprint density at radius 2 is 1.77 bits per heavy atom. The molecule has 3 atom stereocenters. The van der Waals surface area contributed by atoms with Gasteiger partial charge in [0.15, 0.2) is 0 Å². The molecule has 3 aliphatic rings. The molecule has 5 heterocycles. The quantitative estimate of drug-likeness (QED) is 0.407. The van der Waals surface area contributed by atoms with E-state index < -0.39 is 40.6 Å². The molecule has 3 aliphatic heterocycles. The van der Waals surface area contributed by atoms with Gasteiger partial charge in [0.2, 0.25) is 17.7 Å². The predicted octanol–water partition coefficient (Wildman–Crippen LogP) is 4.80. The first-order valence-electron chi connectivity index (χ1n) is 12.4. The fourth-order valence-corrected chi connectivity index (χ4v) is 9.21. The molecule has 39 heavy (non-hydrogen) atoms. The van der Waals surface area contributed by atoms with Crippen molar-refractivity contribution in [2.75, 3.05) is 18.0 Å². The molecule has 0 spiro atoms. The largest absolute Gasteiger partial charge is 0.416 e. The van der Waals surface area contributed by atoms with Crippen LogP contribution in [0.25, 0.3) is 0 Å². The molecule has 0 bridgehead atoms. The Labute approximate surface area is 233 Å². The van der Waals surface area contributed by atoms with Crippen LogP contribution in [0.2, 0.25) is 0 Å². The first-order chi connectivity index (χ1) is 18.6. The van der Waals surface area contributed by atoms with Crippen molar-refractivity contribution in [1.29, 1.82) is 0 Å². The van der Waals surface area contributed by atoms with E-state index in [4.69, 9.17) is 0 Å². The van der Waals surface area contributed by atoms with Crippen LogP contribution in [0, 0.1) is 5.92 Å². The van der Waals surface area contributed by atoms with Gasteiger partial charge in [-0.3, -0.25) is 23.7 Å². The molecule has 0 unspecified atom stereocenters. The third-order valence-corrected chi connectivity index (χ3v) is 10.9. The topological polar surface area (TPSA) is 79.7 Å². The average Bonchev–Trinajstić information content (AvgIpc) is 3.61. The Morgan fingerprint density at radius 3 is 2.46 bits per heavy atom. The minimum absolute atomic E-state index is 0.138. The van der Waals surface area contributed by atoms with Crippen molar-refractivity contribution in [3.63, 3.8) is 0 Å². The maximum Gasteiger partial charge on any atom is 0.416 e. The van der Waals surface area contributed by atoms with E-state index >= 15 is 0 Å². The van der Waals surface area contributed by atoms with Crippen LogP contribution in [0.15, 0.2) is 51.6 Å². The van der Waals surface area contributed by atoms with E-state index in [1.54, 1.807) is 4.90 Å². The van der Waals surface area contributed by atoms with Gasteiger partial charge in [-0.1, -0.05) is 35.2 Å². The fourth-order valence-electron chi connectivity index (χ4n) is 5.48. The van der Waals surface area contributed by atoms with E-state index in [9.17, 15) is 32.3 Å². The van der Waals surface area contributed by atoms with Gasteiger partial charge in [-0.2, -0.15) is 13.2 Å². The lowest BCUT2D eigenvalue weighted by Crippen LogP contribution is -2.39. The molecule has 13 heteroatoms. The number of fused-ring (bicyclic) bond motifs is 2. The van der Waals surface area contributed by atoms with E-state index in [-0.39, 0.29) is 23.0 Å². The smallest absolute Gasteiger partial charge is 0.341 e. The standard InChI is InChI=1S/C26H22F3N3O4S3/c27-26(28,29)14-6-4-7-15(12-14)32-22(34)19-18(16-8-5-11-37-16)21-24(38-20(19)23(32)35)31(25(36)39-21)13-17(33)30-9-2-1-3-10-30/h4-8,11-12,18-20H,1-3,9-10,13H2/t18-,19-,20+/m0/s1. The number of rotatable bonds is 4. The van der Waals surface area contributed by atoms with Gasteiger partial charge in [-0.15, -0.1) is 11.3 Å². The molecule has 0 saturated carbocycles. The highest BCUT2D eigenvalue weighted by Crippen LogP contribution is 2.54. The molecule has 2 aromatic heterocycles. The van der Waals surface area contributed by atoms with Crippen molar-refractivity contribution in [2.45, 2.75) is 48.2 Å². The summed E-state index contributed by atoms with van der Waals surface area (Å²) in [5, 5.41) is 1.36. The highest BCUT2D eigenvalue weighted by Gasteiger charge is 2.57. The molecule has 0 aliphatic carbocycles. The summed E-state index contributed by atoms with van der Waals surface area (Å²) in [5.41, 5.74) is -1.09. The Bertz CT molecular complexity index is 1510. The van der Waals surface area contributed by atoms with Crippen molar-refractivity contribution >= 4 is 57.8 Å². The molecule has 2 fully saturated rings. The van der Waals surface area contributed by atoms with Crippen molar-refractivity contribution in [1.82, 2.24) is 9.47 Å². The second-order valence-electron chi connectivity index (χ2n) is 9.68. The van der Waals surface area contributed by atoms with E-state index in [1.165, 1.54) is 28.0 Å². The number of nitrogens with zero attached hydrogens (tertiary/aromatic N) is 3. The zero-order valence-corrected chi connectivity index (χ0v) is 22.8. The van der Waals surface area contributed by atoms with E-state index in [0.717, 1.165) is 64.3 Å². The van der Waals surface area contributed by atoms with Crippen molar-refractivity contribution < 1.29 is 27.6 Å². The first kappa shape index (κ1) is 26.3. The van der Waals surface area contributed by atoms with Crippen LogP contribution in [0.3, 0.4) is 0 Å². The Balaban J connectivity index is 1.40. The Hall–Kier alpha value is -2.90. The van der Waals surface area contributed by atoms with Crippen LogP contribution in [0.5, 0.6) is 0 Å². The number of thiazole rings is 1. The molecule has 1 aromatic carbocycles. The van der Waals surface area contributed by atoms with Crippen molar-refractivity contribution in [3.05, 3.63) is 66.8 Å². The number of alkyl halides is 3. The van der Waals surface area contributed by atoms with Crippen molar-refractivity contribution in [3.8, 4) is 0 Å². The summed E-state index contributed by atoms with van der Waals surface area (Å²) in [6.07, 6.45) is -1.77. The van der Waals surface area contributed by atoms with Gasteiger partial charge in [0, 0.05) is 28.8 Å². The number of aromatic nitrogens is 1. The third-order valence-electron chi connectivity index (χ3n) is 7.33. The molecule has 7 nitrogen and oxygen atoms in total. The van der Waals surface area contributed by atoms with Crippen molar-refractivity contribution in [2.24, 2.45) is 5.92 Å². The number of hydrogen-bond acceptors (Lipinski definition) is 7. The summed E-state index contributed by atoms with van der Waals surface area (Å²) in [7, 11) is 0. The summed E-state index contributed by atoms with van der Waals surface area (Å²) < 4.78 is 41.6. The van der Waals surface area contributed by atoms with E-state index in [0.29, 0.717) is 23.0 Å².